The number of cyclic esters (lactones) is 1. The zero-order chi connectivity index (χ0) is 18.0. The number of rotatable bonds is 4. The molecule has 3 rings (SSSR count). The van der Waals surface area contributed by atoms with Crippen LogP contribution < -0.4 is 10.6 Å². The molecule has 1 saturated heterocycles. The first kappa shape index (κ1) is 17.2. The number of halogens is 3. The van der Waals surface area contributed by atoms with Gasteiger partial charge in [0.05, 0.1) is 12.6 Å². The van der Waals surface area contributed by atoms with Gasteiger partial charge in [0.25, 0.3) is 5.91 Å². The van der Waals surface area contributed by atoms with Crippen LogP contribution in [0.5, 0.6) is 0 Å². The van der Waals surface area contributed by atoms with E-state index in [4.69, 9.17) is 16.3 Å². The molecule has 2 N–H and O–H groups in total. The number of carbonyl (C=O) groups excluding carboxylic acids is 2. The highest BCUT2D eigenvalue weighted by Gasteiger charge is 2.32. The number of hydrogen-bond acceptors (Lipinski definition) is 3. The molecule has 0 bridgehead atoms. The molecule has 1 heterocycles. The van der Waals surface area contributed by atoms with Crippen LogP contribution in [0, 0.1) is 11.6 Å². The van der Waals surface area contributed by atoms with Crippen molar-refractivity contribution in [3.8, 4) is 0 Å². The van der Waals surface area contributed by atoms with E-state index in [1.165, 1.54) is 12.1 Å². The lowest BCUT2D eigenvalue weighted by atomic mass is 9.97. The Morgan fingerprint density at radius 3 is 2.60 bits per heavy atom. The molecule has 25 heavy (non-hydrogen) atoms. The Labute approximate surface area is 146 Å². The standard InChI is InChI=1S/C17H13ClF2N2O3/c18-10-6-4-9(5-7-10)15(11-2-1-3-12(19)14(11)20)22-16(23)13-8-21-17(24)25-13/h1-7,13,15H,8H2,(H,21,24)(H,22,23)/t13-,15-/m0/s1. The lowest BCUT2D eigenvalue weighted by Crippen LogP contribution is -2.39. The fourth-order valence-corrected chi connectivity index (χ4v) is 2.64. The van der Waals surface area contributed by atoms with Crippen LogP contribution in [0.25, 0.3) is 0 Å². The van der Waals surface area contributed by atoms with Crippen molar-refractivity contribution in [1.82, 2.24) is 10.6 Å². The number of amides is 2. The second-order valence-electron chi connectivity index (χ2n) is 5.41. The second-order valence-corrected chi connectivity index (χ2v) is 5.85. The van der Waals surface area contributed by atoms with Gasteiger partial charge in [-0.15, -0.1) is 0 Å². The summed E-state index contributed by atoms with van der Waals surface area (Å²) in [6.45, 7) is 0.00361. The first-order valence-electron chi connectivity index (χ1n) is 7.40. The fourth-order valence-electron chi connectivity index (χ4n) is 2.51. The van der Waals surface area contributed by atoms with Gasteiger partial charge in [-0.2, -0.15) is 0 Å². The van der Waals surface area contributed by atoms with Gasteiger partial charge in [-0.05, 0) is 23.8 Å². The van der Waals surface area contributed by atoms with Gasteiger partial charge in [0.15, 0.2) is 17.7 Å². The third kappa shape index (κ3) is 3.71. The third-order valence-corrected chi connectivity index (χ3v) is 4.01. The van der Waals surface area contributed by atoms with Crippen LogP contribution in [-0.2, 0) is 9.53 Å². The highest BCUT2D eigenvalue weighted by atomic mass is 35.5. The molecule has 0 spiro atoms. The van der Waals surface area contributed by atoms with E-state index in [9.17, 15) is 18.4 Å². The molecule has 0 aromatic heterocycles. The van der Waals surface area contributed by atoms with E-state index in [1.54, 1.807) is 24.3 Å². The fraction of sp³-hybridized carbons (Fsp3) is 0.176. The van der Waals surface area contributed by atoms with Crippen molar-refractivity contribution in [1.29, 1.82) is 0 Å². The maximum atomic E-state index is 14.3. The molecular formula is C17H13ClF2N2O3. The number of alkyl carbamates (subject to hydrolysis) is 1. The molecule has 2 aromatic carbocycles. The first-order valence-corrected chi connectivity index (χ1v) is 7.77. The Balaban J connectivity index is 1.94. The van der Waals surface area contributed by atoms with E-state index in [0.717, 1.165) is 6.07 Å². The van der Waals surface area contributed by atoms with E-state index in [-0.39, 0.29) is 12.1 Å². The maximum Gasteiger partial charge on any atom is 0.408 e. The Morgan fingerprint density at radius 2 is 1.96 bits per heavy atom. The zero-order valence-electron chi connectivity index (χ0n) is 12.8. The first-order chi connectivity index (χ1) is 12.0. The van der Waals surface area contributed by atoms with Gasteiger partial charge in [-0.3, -0.25) is 4.79 Å². The molecule has 1 aliphatic heterocycles. The van der Waals surface area contributed by atoms with Crippen LogP contribution in [-0.4, -0.2) is 24.6 Å². The molecule has 0 unspecified atom stereocenters. The Morgan fingerprint density at radius 1 is 1.24 bits per heavy atom. The van der Waals surface area contributed by atoms with Gasteiger partial charge in [-0.25, -0.2) is 13.6 Å². The summed E-state index contributed by atoms with van der Waals surface area (Å²) in [5, 5.41) is 5.41. The largest absolute Gasteiger partial charge is 0.434 e. The molecule has 2 amide bonds. The molecule has 2 aromatic rings. The van der Waals surface area contributed by atoms with E-state index in [1.807, 2.05) is 0 Å². The summed E-state index contributed by atoms with van der Waals surface area (Å²) in [5.41, 5.74) is 0.451. The average molecular weight is 367 g/mol. The smallest absolute Gasteiger partial charge is 0.408 e. The summed E-state index contributed by atoms with van der Waals surface area (Å²) in [4.78, 5) is 23.4. The van der Waals surface area contributed by atoms with Gasteiger partial charge in [0, 0.05) is 10.6 Å². The molecule has 5 nitrogen and oxygen atoms in total. The topological polar surface area (TPSA) is 67.4 Å². The third-order valence-electron chi connectivity index (χ3n) is 3.76. The van der Waals surface area contributed by atoms with Crippen LogP contribution in [0.4, 0.5) is 13.6 Å². The van der Waals surface area contributed by atoms with Crippen molar-refractivity contribution in [2.24, 2.45) is 0 Å². The maximum absolute atomic E-state index is 14.3. The van der Waals surface area contributed by atoms with Crippen molar-refractivity contribution < 1.29 is 23.1 Å². The molecule has 1 aliphatic rings. The number of ether oxygens (including phenoxy) is 1. The van der Waals surface area contributed by atoms with E-state index in [0.29, 0.717) is 10.6 Å². The number of hydrogen-bond donors (Lipinski definition) is 2. The van der Waals surface area contributed by atoms with Crippen LogP contribution >= 0.6 is 11.6 Å². The molecule has 0 saturated carbocycles. The Kier molecular flexibility index (Phi) is 4.85. The van der Waals surface area contributed by atoms with Gasteiger partial charge >= 0.3 is 6.09 Å². The number of carbonyl (C=O) groups is 2. The van der Waals surface area contributed by atoms with Crippen molar-refractivity contribution in [2.75, 3.05) is 6.54 Å². The molecule has 1 fully saturated rings. The number of nitrogens with one attached hydrogen (secondary N) is 2. The van der Waals surface area contributed by atoms with E-state index >= 15 is 0 Å². The summed E-state index contributed by atoms with van der Waals surface area (Å²) in [5.74, 6) is -2.72. The summed E-state index contributed by atoms with van der Waals surface area (Å²) >= 11 is 5.86. The predicted octanol–water partition coefficient (Wildman–Crippen LogP) is 2.93. The van der Waals surface area contributed by atoms with E-state index in [2.05, 4.69) is 10.6 Å². The van der Waals surface area contributed by atoms with Crippen molar-refractivity contribution in [2.45, 2.75) is 12.1 Å². The normalized spacial score (nSPS) is 17.6. The summed E-state index contributed by atoms with van der Waals surface area (Å²) < 4.78 is 32.7. The lowest BCUT2D eigenvalue weighted by Gasteiger charge is -2.22. The lowest BCUT2D eigenvalue weighted by molar-refractivity contribution is -0.128. The van der Waals surface area contributed by atoms with Crippen molar-refractivity contribution in [3.05, 3.63) is 70.2 Å². The monoisotopic (exact) mass is 366 g/mol. The highest BCUT2D eigenvalue weighted by Crippen LogP contribution is 2.27. The Bertz CT molecular complexity index is 814. The van der Waals surface area contributed by atoms with Crippen molar-refractivity contribution in [3.63, 3.8) is 0 Å². The predicted molar refractivity (Wildman–Crippen MR) is 86.1 cm³/mol. The molecule has 0 aliphatic carbocycles. The molecule has 8 heteroatoms. The van der Waals surface area contributed by atoms with E-state index < -0.39 is 35.8 Å². The summed E-state index contributed by atoms with van der Waals surface area (Å²) in [7, 11) is 0. The van der Waals surface area contributed by atoms with Crippen molar-refractivity contribution >= 4 is 23.6 Å². The van der Waals surface area contributed by atoms with Crippen LogP contribution in [0.2, 0.25) is 5.02 Å². The molecule has 130 valence electrons. The summed E-state index contributed by atoms with van der Waals surface area (Å²) in [6.07, 6.45) is -1.75. The van der Waals surface area contributed by atoms with Crippen LogP contribution in [0.1, 0.15) is 17.2 Å². The summed E-state index contributed by atoms with van der Waals surface area (Å²) in [6, 6.07) is 9.07. The minimum absolute atomic E-state index is 0.00361. The van der Waals surface area contributed by atoms with Crippen LogP contribution in [0.3, 0.4) is 0 Å². The average Bonchev–Trinajstić information content (AvgIpc) is 3.03. The zero-order valence-corrected chi connectivity index (χ0v) is 13.5. The minimum atomic E-state index is -1.07. The SMILES string of the molecule is O=C1NC[C@@H](C(=O)N[C@@H](c2ccc(Cl)cc2)c2cccc(F)c2F)O1. The van der Waals surface area contributed by atoms with Gasteiger partial charge in [-0.1, -0.05) is 35.9 Å². The Hall–Kier alpha value is -2.67. The number of benzene rings is 2. The molecule has 2 atom stereocenters. The quantitative estimate of drug-likeness (QED) is 0.874. The van der Waals surface area contributed by atoms with Gasteiger partial charge < -0.3 is 15.4 Å². The highest BCUT2D eigenvalue weighted by molar-refractivity contribution is 6.30. The molecular weight excluding hydrogens is 354 g/mol. The molecule has 0 radical (unpaired) electrons. The van der Waals surface area contributed by atoms with Gasteiger partial charge in [0.2, 0.25) is 0 Å². The second kappa shape index (κ2) is 7.06. The van der Waals surface area contributed by atoms with Gasteiger partial charge in [0.1, 0.15) is 0 Å². The van der Waals surface area contributed by atoms with Crippen LogP contribution in [0.15, 0.2) is 42.5 Å². The minimum Gasteiger partial charge on any atom is -0.434 e.